The van der Waals surface area contributed by atoms with Crippen molar-refractivity contribution in [3.05, 3.63) is 29.8 Å². The summed E-state index contributed by atoms with van der Waals surface area (Å²) in [4.78, 5) is 23.9. The Morgan fingerprint density at radius 2 is 2.06 bits per heavy atom. The zero-order chi connectivity index (χ0) is 13.7. The zero-order valence-electron chi connectivity index (χ0n) is 10.8. The van der Waals surface area contributed by atoms with E-state index in [-0.39, 0.29) is 12.3 Å². The minimum absolute atomic E-state index is 0.274. The fourth-order valence-electron chi connectivity index (χ4n) is 1.64. The standard InChI is InChI=1S/C13H18N2O3/c1-9(16)14-12(13(17)18)8-10-5-4-6-11(7-10)15(2)3/h4-7,12H,8H2,1-3H3,(H,14,16)(H,17,18)/t12-/m0/s1. The van der Waals surface area contributed by atoms with E-state index in [1.807, 2.05) is 43.3 Å². The monoisotopic (exact) mass is 250 g/mol. The van der Waals surface area contributed by atoms with E-state index in [9.17, 15) is 9.59 Å². The number of aliphatic carboxylic acids is 1. The van der Waals surface area contributed by atoms with E-state index in [4.69, 9.17) is 5.11 Å². The molecule has 0 heterocycles. The summed E-state index contributed by atoms with van der Waals surface area (Å²) in [6.45, 7) is 1.31. The van der Waals surface area contributed by atoms with Crippen molar-refractivity contribution in [3.8, 4) is 0 Å². The molecular formula is C13H18N2O3. The van der Waals surface area contributed by atoms with Gasteiger partial charge in [-0.25, -0.2) is 4.79 Å². The number of benzene rings is 1. The Labute approximate surface area is 106 Å². The van der Waals surface area contributed by atoms with Crippen molar-refractivity contribution >= 4 is 17.6 Å². The van der Waals surface area contributed by atoms with Crippen LogP contribution in [0.3, 0.4) is 0 Å². The molecule has 98 valence electrons. The van der Waals surface area contributed by atoms with Gasteiger partial charge in [0.1, 0.15) is 6.04 Å². The molecule has 1 amide bonds. The first-order chi connectivity index (χ1) is 8.40. The van der Waals surface area contributed by atoms with Crippen LogP contribution in [0.5, 0.6) is 0 Å². The van der Waals surface area contributed by atoms with Crippen molar-refractivity contribution in [2.45, 2.75) is 19.4 Å². The highest BCUT2D eigenvalue weighted by atomic mass is 16.4. The highest BCUT2D eigenvalue weighted by Gasteiger charge is 2.18. The molecule has 5 nitrogen and oxygen atoms in total. The maximum absolute atomic E-state index is 11.0. The summed E-state index contributed by atoms with van der Waals surface area (Å²) in [5, 5.41) is 11.5. The number of hydrogen-bond acceptors (Lipinski definition) is 3. The second kappa shape index (κ2) is 6.05. The number of carbonyl (C=O) groups excluding carboxylic acids is 1. The lowest BCUT2D eigenvalue weighted by Gasteiger charge is -2.16. The Kier molecular flexibility index (Phi) is 4.71. The number of anilines is 1. The predicted molar refractivity (Wildman–Crippen MR) is 69.7 cm³/mol. The van der Waals surface area contributed by atoms with Crippen LogP contribution in [0.15, 0.2) is 24.3 Å². The number of amides is 1. The highest BCUT2D eigenvalue weighted by Crippen LogP contribution is 2.14. The summed E-state index contributed by atoms with van der Waals surface area (Å²) < 4.78 is 0. The summed E-state index contributed by atoms with van der Waals surface area (Å²) in [5.41, 5.74) is 1.88. The van der Waals surface area contributed by atoms with Gasteiger partial charge in [0.2, 0.25) is 5.91 Å². The maximum atomic E-state index is 11.0. The van der Waals surface area contributed by atoms with Gasteiger partial charge >= 0.3 is 5.97 Å². The zero-order valence-corrected chi connectivity index (χ0v) is 10.8. The quantitative estimate of drug-likeness (QED) is 0.814. The SMILES string of the molecule is CC(=O)N[C@@H](Cc1cccc(N(C)C)c1)C(=O)O. The number of carboxylic acid groups (broad SMARTS) is 1. The summed E-state index contributed by atoms with van der Waals surface area (Å²) in [6.07, 6.45) is 0.274. The van der Waals surface area contributed by atoms with Crippen LogP contribution < -0.4 is 10.2 Å². The summed E-state index contributed by atoms with van der Waals surface area (Å²) >= 11 is 0. The van der Waals surface area contributed by atoms with Crippen LogP contribution in [0.2, 0.25) is 0 Å². The van der Waals surface area contributed by atoms with E-state index in [2.05, 4.69) is 5.32 Å². The third kappa shape index (κ3) is 4.08. The predicted octanol–water partition coefficient (Wildman–Crippen LogP) is 0.884. The lowest BCUT2D eigenvalue weighted by molar-refractivity contribution is -0.141. The van der Waals surface area contributed by atoms with Gasteiger partial charge in [0.05, 0.1) is 0 Å². The number of hydrogen-bond donors (Lipinski definition) is 2. The highest BCUT2D eigenvalue weighted by molar-refractivity contribution is 5.82. The van der Waals surface area contributed by atoms with E-state index in [0.29, 0.717) is 0 Å². The number of carboxylic acids is 1. The van der Waals surface area contributed by atoms with E-state index in [0.717, 1.165) is 11.3 Å². The van der Waals surface area contributed by atoms with Gasteiger partial charge < -0.3 is 15.3 Å². The van der Waals surface area contributed by atoms with Gasteiger partial charge in [-0.3, -0.25) is 4.79 Å². The van der Waals surface area contributed by atoms with Gasteiger partial charge in [0, 0.05) is 33.1 Å². The van der Waals surface area contributed by atoms with Gasteiger partial charge in [0.25, 0.3) is 0 Å². The summed E-state index contributed by atoms with van der Waals surface area (Å²) in [5.74, 6) is -1.37. The Balaban J connectivity index is 2.83. The molecular weight excluding hydrogens is 232 g/mol. The van der Waals surface area contributed by atoms with Crippen LogP contribution in [0.4, 0.5) is 5.69 Å². The molecule has 1 aromatic carbocycles. The van der Waals surface area contributed by atoms with Crippen LogP contribution >= 0.6 is 0 Å². The first-order valence-electron chi connectivity index (χ1n) is 5.66. The molecule has 1 rings (SSSR count). The van der Waals surface area contributed by atoms with Gasteiger partial charge in [-0.15, -0.1) is 0 Å². The van der Waals surface area contributed by atoms with Crippen LogP contribution in [-0.4, -0.2) is 37.1 Å². The van der Waals surface area contributed by atoms with Crippen molar-refractivity contribution in [2.24, 2.45) is 0 Å². The van der Waals surface area contributed by atoms with Crippen molar-refractivity contribution in [1.82, 2.24) is 5.32 Å². The third-order valence-corrected chi connectivity index (χ3v) is 2.54. The molecule has 0 fully saturated rings. The van der Waals surface area contributed by atoms with Crippen LogP contribution in [0.1, 0.15) is 12.5 Å². The minimum Gasteiger partial charge on any atom is -0.480 e. The molecule has 0 saturated carbocycles. The molecule has 0 aliphatic heterocycles. The fourth-order valence-corrected chi connectivity index (χ4v) is 1.64. The summed E-state index contributed by atoms with van der Waals surface area (Å²) in [7, 11) is 3.84. The van der Waals surface area contributed by atoms with Crippen molar-refractivity contribution < 1.29 is 14.7 Å². The Morgan fingerprint density at radius 1 is 1.39 bits per heavy atom. The van der Waals surface area contributed by atoms with Gasteiger partial charge in [-0.1, -0.05) is 12.1 Å². The summed E-state index contributed by atoms with van der Waals surface area (Å²) in [6, 6.07) is 6.69. The minimum atomic E-state index is -1.03. The smallest absolute Gasteiger partial charge is 0.326 e. The van der Waals surface area contributed by atoms with E-state index in [1.54, 1.807) is 0 Å². The topological polar surface area (TPSA) is 69.6 Å². The Hall–Kier alpha value is -2.04. The normalized spacial score (nSPS) is 11.7. The molecule has 0 aliphatic rings. The number of nitrogens with one attached hydrogen (secondary N) is 1. The van der Waals surface area contributed by atoms with Crippen molar-refractivity contribution in [3.63, 3.8) is 0 Å². The molecule has 18 heavy (non-hydrogen) atoms. The second-order valence-corrected chi connectivity index (χ2v) is 4.36. The van der Waals surface area contributed by atoms with E-state index in [1.165, 1.54) is 6.92 Å². The molecule has 0 aliphatic carbocycles. The molecule has 0 spiro atoms. The molecule has 5 heteroatoms. The van der Waals surface area contributed by atoms with Gasteiger partial charge in [-0.05, 0) is 17.7 Å². The first kappa shape index (κ1) is 14.0. The molecule has 2 N–H and O–H groups in total. The lowest BCUT2D eigenvalue weighted by atomic mass is 10.1. The van der Waals surface area contributed by atoms with Crippen molar-refractivity contribution in [1.29, 1.82) is 0 Å². The number of rotatable bonds is 5. The van der Waals surface area contributed by atoms with Gasteiger partial charge in [0.15, 0.2) is 0 Å². The Bertz CT molecular complexity index is 444. The second-order valence-electron chi connectivity index (χ2n) is 4.36. The Morgan fingerprint density at radius 3 is 2.56 bits per heavy atom. The number of carbonyl (C=O) groups is 2. The number of nitrogens with zero attached hydrogens (tertiary/aromatic N) is 1. The van der Waals surface area contributed by atoms with Crippen LogP contribution in [0, 0.1) is 0 Å². The maximum Gasteiger partial charge on any atom is 0.326 e. The molecule has 1 aromatic rings. The molecule has 1 atom stereocenters. The molecule has 0 saturated heterocycles. The van der Waals surface area contributed by atoms with Crippen LogP contribution in [0.25, 0.3) is 0 Å². The van der Waals surface area contributed by atoms with Crippen LogP contribution in [-0.2, 0) is 16.0 Å². The van der Waals surface area contributed by atoms with Crippen molar-refractivity contribution in [2.75, 3.05) is 19.0 Å². The molecule has 0 aromatic heterocycles. The molecule has 0 unspecified atom stereocenters. The first-order valence-corrected chi connectivity index (χ1v) is 5.66. The molecule has 0 radical (unpaired) electrons. The van der Waals surface area contributed by atoms with E-state index < -0.39 is 12.0 Å². The largest absolute Gasteiger partial charge is 0.480 e. The third-order valence-electron chi connectivity index (χ3n) is 2.54. The van der Waals surface area contributed by atoms with E-state index >= 15 is 0 Å². The average molecular weight is 250 g/mol. The lowest BCUT2D eigenvalue weighted by Crippen LogP contribution is -2.41. The molecule has 0 bridgehead atoms. The average Bonchev–Trinajstić information content (AvgIpc) is 2.27. The fraction of sp³-hybridized carbons (Fsp3) is 0.385. The van der Waals surface area contributed by atoms with Gasteiger partial charge in [-0.2, -0.15) is 0 Å².